The van der Waals surface area contributed by atoms with Crippen LogP contribution >= 0.6 is 0 Å². The fourth-order valence-electron chi connectivity index (χ4n) is 7.71. The number of fused-ring (bicyclic) bond motifs is 5. The fourth-order valence-corrected chi connectivity index (χ4v) is 7.71. The van der Waals surface area contributed by atoms with Gasteiger partial charge in [0.05, 0.1) is 0 Å². The standard InChI is InChI=1S/C45H33NO/c1-2-36-40-29-30-45(31-15-6-3-7-16-31,47-44(40)41-24-14-23-39-37-21-12-13-22-38(37)42(36)43(39)41)32-25-27-35(28-26-32)46(33-17-8-4-9-18-33)34-19-10-5-11-20-34/h3-30H,2H2,1H3. The summed E-state index contributed by atoms with van der Waals surface area (Å²) >= 11 is 0. The van der Waals surface area contributed by atoms with Crippen LogP contribution in [0.2, 0.25) is 0 Å². The Labute approximate surface area is 275 Å². The van der Waals surface area contributed by atoms with Crippen molar-refractivity contribution in [3.63, 3.8) is 0 Å². The lowest BCUT2D eigenvalue weighted by Gasteiger charge is -2.38. The molecule has 0 amide bonds. The molecule has 0 aromatic heterocycles. The third kappa shape index (κ3) is 4.18. The molecule has 0 fully saturated rings. The molecule has 0 bridgehead atoms. The highest BCUT2D eigenvalue weighted by Gasteiger charge is 2.40. The quantitative estimate of drug-likeness (QED) is 0.187. The Hall–Kier alpha value is -5.86. The Morgan fingerprint density at radius 1 is 0.532 bits per heavy atom. The lowest BCUT2D eigenvalue weighted by Crippen LogP contribution is -2.34. The molecule has 1 aliphatic carbocycles. The van der Waals surface area contributed by atoms with Gasteiger partial charge in [0.25, 0.3) is 0 Å². The maximum absolute atomic E-state index is 7.45. The number of hydrogen-bond donors (Lipinski definition) is 0. The highest BCUT2D eigenvalue weighted by Crippen LogP contribution is 2.55. The Bertz CT molecular complexity index is 2250. The van der Waals surface area contributed by atoms with E-state index in [-0.39, 0.29) is 0 Å². The molecular weight excluding hydrogens is 571 g/mol. The maximum atomic E-state index is 7.45. The monoisotopic (exact) mass is 603 g/mol. The first-order chi connectivity index (χ1) is 23.3. The van der Waals surface area contributed by atoms with Crippen molar-refractivity contribution in [3.8, 4) is 28.0 Å². The van der Waals surface area contributed by atoms with E-state index in [1.807, 2.05) is 0 Å². The van der Waals surface area contributed by atoms with E-state index in [1.165, 1.54) is 44.2 Å². The molecule has 2 aliphatic rings. The van der Waals surface area contributed by atoms with E-state index in [9.17, 15) is 0 Å². The minimum Gasteiger partial charge on any atom is -0.472 e. The average Bonchev–Trinajstić information content (AvgIpc) is 3.49. The van der Waals surface area contributed by atoms with Gasteiger partial charge in [-0.1, -0.05) is 134 Å². The zero-order valence-corrected chi connectivity index (χ0v) is 26.2. The Balaban J connectivity index is 1.23. The first-order valence-electron chi connectivity index (χ1n) is 16.4. The van der Waals surface area contributed by atoms with Gasteiger partial charge in [0.1, 0.15) is 5.75 Å². The van der Waals surface area contributed by atoms with Gasteiger partial charge in [-0.3, -0.25) is 0 Å². The van der Waals surface area contributed by atoms with Crippen LogP contribution in [-0.2, 0) is 12.0 Å². The predicted molar refractivity (Wildman–Crippen MR) is 196 cm³/mol. The van der Waals surface area contributed by atoms with E-state index >= 15 is 0 Å². The number of rotatable bonds is 6. The molecule has 9 rings (SSSR count). The zero-order chi connectivity index (χ0) is 31.4. The average molecular weight is 604 g/mol. The maximum Gasteiger partial charge on any atom is 0.178 e. The third-order valence-corrected chi connectivity index (χ3v) is 9.80. The van der Waals surface area contributed by atoms with Gasteiger partial charge in [-0.05, 0) is 76.7 Å². The molecule has 224 valence electrons. The second-order valence-corrected chi connectivity index (χ2v) is 12.3. The number of ether oxygens (including phenoxy) is 1. The lowest BCUT2D eigenvalue weighted by atomic mass is 9.81. The molecule has 0 saturated carbocycles. The molecule has 47 heavy (non-hydrogen) atoms. The molecule has 1 aliphatic heterocycles. The molecule has 7 aromatic rings. The van der Waals surface area contributed by atoms with E-state index in [2.05, 4.69) is 182 Å². The molecular formula is C45H33NO. The van der Waals surface area contributed by atoms with Gasteiger partial charge in [0.15, 0.2) is 5.60 Å². The van der Waals surface area contributed by atoms with E-state index in [0.29, 0.717) is 0 Å². The molecule has 2 nitrogen and oxygen atoms in total. The second-order valence-electron chi connectivity index (χ2n) is 12.3. The fraction of sp³-hybridized carbons (Fsp3) is 0.0667. The van der Waals surface area contributed by atoms with Crippen LogP contribution in [0.15, 0.2) is 164 Å². The normalized spacial score (nSPS) is 15.6. The van der Waals surface area contributed by atoms with E-state index < -0.39 is 5.60 Å². The minimum atomic E-state index is -0.798. The summed E-state index contributed by atoms with van der Waals surface area (Å²) in [5, 5.41) is 2.47. The lowest BCUT2D eigenvalue weighted by molar-refractivity contribution is 0.163. The van der Waals surface area contributed by atoms with Crippen LogP contribution in [0.1, 0.15) is 29.2 Å². The SMILES string of the molecule is CCc1c2c(c3cccc4c3c1-c1ccccc1-4)OC(c1ccccc1)(c1ccc(N(c3ccccc3)c3ccccc3)cc1)C=C2. The topological polar surface area (TPSA) is 12.5 Å². The Kier molecular flexibility index (Phi) is 6.36. The van der Waals surface area contributed by atoms with Gasteiger partial charge in [-0.15, -0.1) is 0 Å². The van der Waals surface area contributed by atoms with Crippen LogP contribution < -0.4 is 9.64 Å². The summed E-state index contributed by atoms with van der Waals surface area (Å²) in [6, 6.07) is 56.1. The van der Waals surface area contributed by atoms with Crippen LogP contribution in [0.5, 0.6) is 5.75 Å². The van der Waals surface area contributed by atoms with Gasteiger partial charge >= 0.3 is 0 Å². The molecule has 1 heterocycles. The van der Waals surface area contributed by atoms with Crippen LogP contribution in [0.25, 0.3) is 39.1 Å². The van der Waals surface area contributed by atoms with Crippen molar-refractivity contribution in [2.45, 2.75) is 18.9 Å². The largest absolute Gasteiger partial charge is 0.472 e. The zero-order valence-electron chi connectivity index (χ0n) is 26.2. The van der Waals surface area contributed by atoms with Crippen LogP contribution in [-0.4, -0.2) is 0 Å². The number of hydrogen-bond acceptors (Lipinski definition) is 2. The number of nitrogens with zero attached hydrogens (tertiary/aromatic N) is 1. The van der Waals surface area contributed by atoms with Crippen molar-refractivity contribution >= 4 is 33.9 Å². The first kappa shape index (κ1) is 27.5. The number of para-hydroxylation sites is 2. The molecule has 0 N–H and O–H groups in total. The van der Waals surface area contributed by atoms with Gasteiger partial charge < -0.3 is 9.64 Å². The number of anilines is 3. The molecule has 2 heteroatoms. The Morgan fingerprint density at radius 3 is 1.74 bits per heavy atom. The van der Waals surface area contributed by atoms with Crippen molar-refractivity contribution < 1.29 is 4.74 Å². The number of benzene rings is 7. The summed E-state index contributed by atoms with van der Waals surface area (Å²) in [6.07, 6.45) is 5.52. The molecule has 0 spiro atoms. The second kappa shape index (κ2) is 10.9. The van der Waals surface area contributed by atoms with Crippen LogP contribution in [0.3, 0.4) is 0 Å². The summed E-state index contributed by atoms with van der Waals surface area (Å²) in [5.41, 5.74) is 12.5. The van der Waals surface area contributed by atoms with Crippen LogP contribution in [0, 0.1) is 0 Å². The molecule has 0 saturated heterocycles. The van der Waals surface area contributed by atoms with Crippen molar-refractivity contribution in [2.24, 2.45) is 0 Å². The highest BCUT2D eigenvalue weighted by atomic mass is 16.5. The van der Waals surface area contributed by atoms with Crippen molar-refractivity contribution in [1.82, 2.24) is 0 Å². The molecule has 1 atom stereocenters. The van der Waals surface area contributed by atoms with Crippen molar-refractivity contribution in [1.29, 1.82) is 0 Å². The summed E-state index contributed by atoms with van der Waals surface area (Å²) in [5.74, 6) is 0.959. The summed E-state index contributed by atoms with van der Waals surface area (Å²) in [7, 11) is 0. The molecule has 7 aromatic carbocycles. The van der Waals surface area contributed by atoms with Crippen molar-refractivity contribution in [3.05, 3.63) is 186 Å². The molecule has 0 radical (unpaired) electrons. The first-order valence-corrected chi connectivity index (χ1v) is 16.4. The van der Waals surface area contributed by atoms with Gasteiger partial charge in [0.2, 0.25) is 0 Å². The minimum absolute atomic E-state index is 0.798. The van der Waals surface area contributed by atoms with E-state index in [0.717, 1.165) is 40.4 Å². The third-order valence-electron chi connectivity index (χ3n) is 9.80. The van der Waals surface area contributed by atoms with Crippen LogP contribution in [0.4, 0.5) is 17.1 Å². The van der Waals surface area contributed by atoms with E-state index in [1.54, 1.807) is 0 Å². The summed E-state index contributed by atoms with van der Waals surface area (Å²) < 4.78 is 7.45. The Morgan fingerprint density at radius 2 is 1.09 bits per heavy atom. The predicted octanol–water partition coefficient (Wildman–Crippen LogP) is 11.9. The van der Waals surface area contributed by atoms with Crippen molar-refractivity contribution in [2.75, 3.05) is 4.90 Å². The van der Waals surface area contributed by atoms with E-state index in [4.69, 9.17) is 4.74 Å². The smallest absolute Gasteiger partial charge is 0.178 e. The highest BCUT2D eigenvalue weighted by molar-refractivity contribution is 6.19. The van der Waals surface area contributed by atoms with Gasteiger partial charge in [-0.2, -0.15) is 0 Å². The summed E-state index contributed by atoms with van der Waals surface area (Å²) in [4.78, 5) is 2.29. The van der Waals surface area contributed by atoms with Gasteiger partial charge in [-0.25, -0.2) is 0 Å². The molecule has 1 unspecified atom stereocenters. The van der Waals surface area contributed by atoms with Gasteiger partial charge in [0, 0.05) is 44.5 Å². The summed E-state index contributed by atoms with van der Waals surface area (Å²) in [6.45, 7) is 2.26.